The number of hydrogen-bond acceptors (Lipinski definition) is 4. The third kappa shape index (κ3) is 6.45. The summed E-state index contributed by atoms with van der Waals surface area (Å²) in [5, 5.41) is 2.80. The summed E-state index contributed by atoms with van der Waals surface area (Å²) in [5.74, 6) is 0.225. The SMILES string of the molecule is CCNC(=O)CN1CCN(C(=O)C(CC)(CC)CN)CC1.Cl.Cl. The normalized spacial score (nSPS) is 15.4. The fourth-order valence-corrected chi connectivity index (χ4v) is 2.83. The van der Waals surface area contributed by atoms with Crippen LogP contribution in [0.3, 0.4) is 0 Å². The highest BCUT2D eigenvalue weighted by molar-refractivity contribution is 5.85. The highest BCUT2D eigenvalue weighted by Crippen LogP contribution is 2.28. The molecule has 0 aliphatic carbocycles. The molecule has 1 aliphatic rings. The number of carbonyl (C=O) groups is 2. The standard InChI is InChI=1S/C15H30N4O2.2ClH/c1-4-15(5-2,12-16)14(21)19-9-7-18(8-10-19)11-13(20)17-6-3;;/h4-12,16H2,1-3H3,(H,17,20);2*1H. The van der Waals surface area contributed by atoms with Gasteiger partial charge in [-0.3, -0.25) is 14.5 Å². The maximum atomic E-state index is 12.7. The quantitative estimate of drug-likeness (QED) is 0.696. The first-order valence-corrected chi connectivity index (χ1v) is 8.01. The van der Waals surface area contributed by atoms with Crippen molar-refractivity contribution in [1.29, 1.82) is 0 Å². The third-order valence-electron chi connectivity index (χ3n) is 4.60. The third-order valence-corrected chi connectivity index (χ3v) is 4.60. The van der Waals surface area contributed by atoms with Crippen LogP contribution in [0.2, 0.25) is 0 Å². The van der Waals surface area contributed by atoms with Crippen LogP contribution < -0.4 is 11.1 Å². The van der Waals surface area contributed by atoms with E-state index in [0.717, 1.165) is 25.9 Å². The van der Waals surface area contributed by atoms with E-state index in [1.807, 2.05) is 25.7 Å². The number of piperazine rings is 1. The van der Waals surface area contributed by atoms with Gasteiger partial charge in [0.2, 0.25) is 11.8 Å². The van der Waals surface area contributed by atoms with E-state index in [-0.39, 0.29) is 36.6 Å². The van der Waals surface area contributed by atoms with Crippen LogP contribution in [0.1, 0.15) is 33.6 Å². The first-order valence-electron chi connectivity index (χ1n) is 8.01. The summed E-state index contributed by atoms with van der Waals surface area (Å²) in [4.78, 5) is 28.3. The molecule has 1 fully saturated rings. The molecule has 1 saturated heterocycles. The predicted molar refractivity (Wildman–Crippen MR) is 98.3 cm³/mol. The largest absolute Gasteiger partial charge is 0.355 e. The molecular formula is C15H32Cl2N4O2. The van der Waals surface area contributed by atoms with Crippen molar-refractivity contribution >= 4 is 36.6 Å². The Morgan fingerprint density at radius 3 is 1.96 bits per heavy atom. The van der Waals surface area contributed by atoms with Crippen molar-refractivity contribution in [2.45, 2.75) is 33.6 Å². The van der Waals surface area contributed by atoms with Crippen molar-refractivity contribution in [3.05, 3.63) is 0 Å². The van der Waals surface area contributed by atoms with E-state index in [1.54, 1.807) is 0 Å². The number of carbonyl (C=O) groups excluding carboxylic acids is 2. The molecule has 6 nitrogen and oxygen atoms in total. The molecule has 3 N–H and O–H groups in total. The molecular weight excluding hydrogens is 339 g/mol. The Hall–Kier alpha value is -0.560. The fourth-order valence-electron chi connectivity index (χ4n) is 2.83. The number of halogens is 2. The Kier molecular flexibility index (Phi) is 12.8. The summed E-state index contributed by atoms with van der Waals surface area (Å²) in [6.07, 6.45) is 1.55. The summed E-state index contributed by atoms with van der Waals surface area (Å²) in [6.45, 7) is 10.3. The van der Waals surface area contributed by atoms with Gasteiger partial charge < -0.3 is 16.0 Å². The average Bonchev–Trinajstić information content (AvgIpc) is 2.50. The van der Waals surface area contributed by atoms with Crippen molar-refractivity contribution in [2.24, 2.45) is 11.1 Å². The van der Waals surface area contributed by atoms with E-state index < -0.39 is 5.41 Å². The van der Waals surface area contributed by atoms with Crippen LogP contribution in [0.4, 0.5) is 0 Å². The predicted octanol–water partition coefficient (Wildman–Crippen LogP) is 0.875. The Balaban J connectivity index is 0. The summed E-state index contributed by atoms with van der Waals surface area (Å²) >= 11 is 0. The Bertz CT molecular complexity index is 349. The van der Waals surface area contributed by atoms with Gasteiger partial charge in [0.25, 0.3) is 0 Å². The zero-order valence-corrected chi connectivity index (χ0v) is 16.1. The van der Waals surface area contributed by atoms with Gasteiger partial charge in [-0.05, 0) is 19.8 Å². The molecule has 1 rings (SSSR count). The van der Waals surface area contributed by atoms with Crippen LogP contribution in [0.25, 0.3) is 0 Å². The van der Waals surface area contributed by atoms with Gasteiger partial charge in [0.1, 0.15) is 0 Å². The zero-order valence-electron chi connectivity index (χ0n) is 14.5. The van der Waals surface area contributed by atoms with Crippen LogP contribution in [0.5, 0.6) is 0 Å². The first kappa shape index (κ1) is 24.7. The van der Waals surface area contributed by atoms with Gasteiger partial charge in [0.05, 0.1) is 12.0 Å². The lowest BCUT2D eigenvalue weighted by atomic mass is 9.81. The van der Waals surface area contributed by atoms with Crippen LogP contribution in [0, 0.1) is 5.41 Å². The monoisotopic (exact) mass is 370 g/mol. The number of nitrogens with two attached hydrogens (primary N) is 1. The second-order valence-corrected chi connectivity index (χ2v) is 5.71. The molecule has 0 unspecified atom stereocenters. The summed E-state index contributed by atoms with van der Waals surface area (Å²) in [7, 11) is 0. The number of hydrogen-bond donors (Lipinski definition) is 2. The smallest absolute Gasteiger partial charge is 0.234 e. The number of nitrogens with zero attached hydrogens (tertiary/aromatic N) is 2. The molecule has 2 amide bonds. The van der Waals surface area contributed by atoms with Gasteiger partial charge >= 0.3 is 0 Å². The maximum absolute atomic E-state index is 12.7. The lowest BCUT2D eigenvalue weighted by Crippen LogP contribution is -2.55. The van der Waals surface area contributed by atoms with Crippen LogP contribution in [-0.4, -0.2) is 67.4 Å². The minimum Gasteiger partial charge on any atom is -0.355 e. The van der Waals surface area contributed by atoms with Crippen molar-refractivity contribution in [3.63, 3.8) is 0 Å². The molecule has 23 heavy (non-hydrogen) atoms. The minimum absolute atomic E-state index is 0. The highest BCUT2D eigenvalue weighted by atomic mass is 35.5. The Morgan fingerprint density at radius 1 is 1.04 bits per heavy atom. The van der Waals surface area contributed by atoms with Crippen molar-refractivity contribution < 1.29 is 9.59 Å². The highest BCUT2D eigenvalue weighted by Gasteiger charge is 2.37. The van der Waals surface area contributed by atoms with E-state index in [0.29, 0.717) is 32.7 Å². The Morgan fingerprint density at radius 2 is 1.57 bits per heavy atom. The number of rotatable bonds is 7. The minimum atomic E-state index is -0.415. The van der Waals surface area contributed by atoms with Gasteiger partial charge in [-0.1, -0.05) is 13.8 Å². The second kappa shape index (κ2) is 11.9. The van der Waals surface area contributed by atoms with Crippen molar-refractivity contribution in [1.82, 2.24) is 15.1 Å². The molecule has 138 valence electrons. The first-order chi connectivity index (χ1) is 10.0. The number of likely N-dealkylation sites (N-methyl/N-ethyl adjacent to an activating group) is 1. The molecule has 0 aromatic heterocycles. The van der Waals surface area contributed by atoms with Crippen molar-refractivity contribution in [3.8, 4) is 0 Å². The zero-order chi connectivity index (χ0) is 15.9. The molecule has 0 radical (unpaired) electrons. The summed E-state index contributed by atoms with van der Waals surface area (Å²) in [6, 6.07) is 0. The lowest BCUT2D eigenvalue weighted by Gasteiger charge is -2.40. The fraction of sp³-hybridized carbons (Fsp3) is 0.867. The lowest BCUT2D eigenvalue weighted by molar-refractivity contribution is -0.144. The average molecular weight is 371 g/mol. The van der Waals surface area contributed by atoms with Crippen LogP contribution >= 0.6 is 24.8 Å². The molecule has 0 aromatic carbocycles. The van der Waals surface area contributed by atoms with E-state index in [2.05, 4.69) is 10.2 Å². The van der Waals surface area contributed by atoms with Crippen LogP contribution in [-0.2, 0) is 9.59 Å². The maximum Gasteiger partial charge on any atom is 0.234 e. The van der Waals surface area contributed by atoms with Gasteiger partial charge in [-0.2, -0.15) is 0 Å². The second-order valence-electron chi connectivity index (χ2n) is 5.71. The van der Waals surface area contributed by atoms with Gasteiger partial charge in [-0.25, -0.2) is 0 Å². The topological polar surface area (TPSA) is 78.7 Å². The molecule has 1 heterocycles. The molecule has 0 spiro atoms. The van der Waals surface area contributed by atoms with Gasteiger partial charge in [-0.15, -0.1) is 24.8 Å². The molecule has 0 aromatic rings. The van der Waals surface area contributed by atoms with E-state index in [9.17, 15) is 9.59 Å². The van der Waals surface area contributed by atoms with Gasteiger partial charge in [0, 0.05) is 39.3 Å². The van der Waals surface area contributed by atoms with Crippen LogP contribution in [0.15, 0.2) is 0 Å². The van der Waals surface area contributed by atoms with Gasteiger partial charge in [0.15, 0.2) is 0 Å². The molecule has 8 heteroatoms. The number of amides is 2. The van der Waals surface area contributed by atoms with E-state index in [1.165, 1.54) is 0 Å². The molecule has 0 saturated carbocycles. The molecule has 1 aliphatic heterocycles. The summed E-state index contributed by atoms with van der Waals surface area (Å²) in [5.41, 5.74) is 5.44. The molecule has 0 atom stereocenters. The summed E-state index contributed by atoms with van der Waals surface area (Å²) < 4.78 is 0. The van der Waals surface area contributed by atoms with Crippen molar-refractivity contribution in [2.75, 3.05) is 45.8 Å². The van der Waals surface area contributed by atoms with E-state index in [4.69, 9.17) is 5.73 Å². The van der Waals surface area contributed by atoms with E-state index >= 15 is 0 Å². The molecule has 0 bridgehead atoms. The number of nitrogens with one attached hydrogen (secondary N) is 1. The Labute approximate surface area is 152 Å².